The zero-order valence-electron chi connectivity index (χ0n) is 16.8. The van der Waals surface area contributed by atoms with Gasteiger partial charge < -0.3 is 20.1 Å². The van der Waals surface area contributed by atoms with E-state index in [1.807, 2.05) is 24.3 Å². The van der Waals surface area contributed by atoms with Gasteiger partial charge in [-0.2, -0.15) is 0 Å². The molecule has 2 aliphatic heterocycles. The van der Waals surface area contributed by atoms with Gasteiger partial charge in [0.15, 0.2) is 27.3 Å². The third-order valence-electron chi connectivity index (χ3n) is 5.09. The minimum absolute atomic E-state index is 0.0784. The Morgan fingerprint density at radius 2 is 2.07 bits per heavy atom. The molecule has 1 unspecified atom stereocenters. The van der Waals surface area contributed by atoms with Gasteiger partial charge in [0.2, 0.25) is 0 Å². The molecule has 1 saturated heterocycles. The minimum Gasteiger partial charge on any atom is -0.490 e. The van der Waals surface area contributed by atoms with Crippen LogP contribution in [0.4, 0.5) is 5.69 Å². The second-order valence-electron chi connectivity index (χ2n) is 7.55. The lowest BCUT2D eigenvalue weighted by atomic mass is 10.1. The predicted molar refractivity (Wildman–Crippen MR) is 121 cm³/mol. The molecule has 7 nitrogen and oxygen atoms in total. The molecule has 3 heterocycles. The third-order valence-corrected chi connectivity index (χ3v) is 7.86. The van der Waals surface area contributed by atoms with E-state index in [9.17, 15) is 8.42 Å². The highest BCUT2D eigenvalue weighted by molar-refractivity contribution is 7.91. The van der Waals surface area contributed by atoms with Crippen molar-refractivity contribution in [2.24, 2.45) is 10.9 Å². The highest BCUT2D eigenvalue weighted by atomic mass is 32.2. The van der Waals surface area contributed by atoms with E-state index in [0.29, 0.717) is 32.1 Å². The van der Waals surface area contributed by atoms with E-state index < -0.39 is 9.84 Å². The Morgan fingerprint density at radius 3 is 2.83 bits per heavy atom. The molecule has 162 valence electrons. The normalized spacial score (nSPS) is 20.5. The maximum Gasteiger partial charge on any atom is 0.195 e. The van der Waals surface area contributed by atoms with E-state index in [0.717, 1.165) is 36.6 Å². The first-order valence-corrected chi connectivity index (χ1v) is 13.0. The van der Waals surface area contributed by atoms with Gasteiger partial charge >= 0.3 is 0 Å². The zero-order chi connectivity index (χ0) is 20.8. The Balaban J connectivity index is 1.43. The van der Waals surface area contributed by atoms with E-state index in [2.05, 4.69) is 27.1 Å². The fourth-order valence-corrected chi connectivity index (χ4v) is 6.07. The molecule has 1 atom stereocenters. The standard InChI is InChI=1S/C21H27N3O4S2/c25-30(26)12-7-16(15-30)14-23-21(22-8-6-18-3-1-11-29-18)24-17-4-5-19-20(13-17)28-10-2-9-27-19/h1,3-5,11,13,16H,2,6-10,12,14-15H2,(H2,22,23,24). The number of nitrogens with zero attached hydrogens (tertiary/aromatic N) is 1. The van der Waals surface area contributed by atoms with Crippen LogP contribution in [0.1, 0.15) is 17.7 Å². The molecule has 1 aromatic carbocycles. The summed E-state index contributed by atoms with van der Waals surface area (Å²) in [6.45, 7) is 2.51. The van der Waals surface area contributed by atoms with Gasteiger partial charge in [0.05, 0.1) is 24.7 Å². The second kappa shape index (κ2) is 9.70. The summed E-state index contributed by atoms with van der Waals surface area (Å²) >= 11 is 1.73. The fourth-order valence-electron chi connectivity index (χ4n) is 3.51. The molecule has 9 heteroatoms. The van der Waals surface area contributed by atoms with E-state index in [1.165, 1.54) is 4.88 Å². The maximum absolute atomic E-state index is 11.7. The first-order chi connectivity index (χ1) is 14.6. The van der Waals surface area contributed by atoms with E-state index in [-0.39, 0.29) is 17.4 Å². The SMILES string of the molecule is O=S1(=O)CCC(CN=C(NCCc2cccs2)Nc2ccc3c(c2)OCCCO3)C1. The van der Waals surface area contributed by atoms with E-state index in [4.69, 9.17) is 9.47 Å². The molecule has 30 heavy (non-hydrogen) atoms. The fraction of sp³-hybridized carbons (Fsp3) is 0.476. The van der Waals surface area contributed by atoms with Gasteiger partial charge in [-0.25, -0.2) is 8.42 Å². The van der Waals surface area contributed by atoms with Crippen LogP contribution < -0.4 is 20.1 Å². The molecule has 4 rings (SSSR count). The van der Waals surface area contributed by atoms with Crippen LogP contribution in [-0.4, -0.2) is 52.2 Å². The third kappa shape index (κ3) is 5.89. The van der Waals surface area contributed by atoms with Gasteiger partial charge in [0.25, 0.3) is 0 Å². The zero-order valence-corrected chi connectivity index (χ0v) is 18.4. The molecule has 2 N–H and O–H groups in total. The number of aliphatic imine (C=N–C) groups is 1. The summed E-state index contributed by atoms with van der Waals surface area (Å²) < 4.78 is 34.9. The Hall–Kier alpha value is -2.26. The Bertz CT molecular complexity index is 974. The number of hydrogen-bond donors (Lipinski definition) is 2. The van der Waals surface area contributed by atoms with Crippen molar-refractivity contribution in [1.29, 1.82) is 0 Å². The molecule has 1 fully saturated rings. The molecule has 2 aliphatic rings. The highest BCUT2D eigenvalue weighted by Crippen LogP contribution is 2.32. The number of sulfone groups is 1. The number of fused-ring (bicyclic) bond motifs is 1. The number of guanidine groups is 1. The summed E-state index contributed by atoms with van der Waals surface area (Å²) in [4.78, 5) is 5.98. The van der Waals surface area contributed by atoms with Crippen molar-refractivity contribution >= 4 is 32.8 Å². The number of ether oxygens (including phenoxy) is 2. The summed E-state index contributed by atoms with van der Waals surface area (Å²) in [5.41, 5.74) is 0.848. The first kappa shape index (κ1) is 21.0. The number of nitrogens with one attached hydrogen (secondary N) is 2. The summed E-state index contributed by atoms with van der Waals surface area (Å²) in [5, 5.41) is 8.77. The average Bonchev–Trinajstić information content (AvgIpc) is 3.29. The van der Waals surface area contributed by atoms with Gasteiger partial charge in [-0.05, 0) is 42.3 Å². The summed E-state index contributed by atoms with van der Waals surface area (Å²) in [5.74, 6) is 2.68. The van der Waals surface area contributed by atoms with Gasteiger partial charge in [-0.15, -0.1) is 11.3 Å². The van der Waals surface area contributed by atoms with E-state index >= 15 is 0 Å². The lowest BCUT2D eigenvalue weighted by molar-refractivity contribution is 0.297. The summed E-state index contributed by atoms with van der Waals surface area (Å²) in [6.07, 6.45) is 2.44. The van der Waals surface area contributed by atoms with Crippen molar-refractivity contribution in [3.63, 3.8) is 0 Å². The highest BCUT2D eigenvalue weighted by Gasteiger charge is 2.27. The molecule has 0 spiro atoms. The minimum atomic E-state index is -2.90. The average molecular weight is 450 g/mol. The van der Waals surface area contributed by atoms with Crippen LogP contribution in [0.25, 0.3) is 0 Å². The second-order valence-corrected chi connectivity index (χ2v) is 10.8. The number of hydrogen-bond acceptors (Lipinski definition) is 6. The molecule has 0 saturated carbocycles. The molecule has 0 amide bonds. The topological polar surface area (TPSA) is 89.0 Å². The van der Waals surface area contributed by atoms with Crippen LogP contribution in [0.2, 0.25) is 0 Å². The Morgan fingerprint density at radius 1 is 1.20 bits per heavy atom. The number of rotatable bonds is 6. The van der Waals surface area contributed by atoms with Crippen LogP contribution >= 0.6 is 11.3 Å². The van der Waals surface area contributed by atoms with Crippen LogP contribution in [0.3, 0.4) is 0 Å². The Kier molecular flexibility index (Phi) is 6.79. The summed E-state index contributed by atoms with van der Waals surface area (Å²) in [6, 6.07) is 9.91. The largest absolute Gasteiger partial charge is 0.490 e. The lowest BCUT2D eigenvalue weighted by Crippen LogP contribution is -2.33. The molecule has 0 radical (unpaired) electrons. The van der Waals surface area contributed by atoms with Crippen LogP contribution in [0.5, 0.6) is 11.5 Å². The van der Waals surface area contributed by atoms with Crippen LogP contribution in [0.15, 0.2) is 40.7 Å². The molecule has 0 bridgehead atoms. The van der Waals surface area contributed by atoms with Gasteiger partial charge in [-0.3, -0.25) is 4.99 Å². The van der Waals surface area contributed by atoms with Crippen molar-refractivity contribution in [3.8, 4) is 11.5 Å². The van der Waals surface area contributed by atoms with E-state index in [1.54, 1.807) is 11.3 Å². The first-order valence-electron chi connectivity index (χ1n) is 10.3. The number of benzene rings is 1. The predicted octanol–water partition coefficient (Wildman–Crippen LogP) is 2.94. The summed E-state index contributed by atoms with van der Waals surface area (Å²) in [7, 11) is -2.90. The van der Waals surface area contributed by atoms with Crippen molar-refractivity contribution in [2.45, 2.75) is 19.3 Å². The van der Waals surface area contributed by atoms with Crippen LogP contribution in [-0.2, 0) is 16.3 Å². The van der Waals surface area contributed by atoms with Gasteiger partial charge in [-0.1, -0.05) is 6.07 Å². The number of thiophene rings is 1. The Labute approximate surface area is 181 Å². The maximum atomic E-state index is 11.7. The van der Waals surface area contributed by atoms with Crippen molar-refractivity contribution in [1.82, 2.24) is 5.32 Å². The van der Waals surface area contributed by atoms with Gasteiger partial charge in [0.1, 0.15) is 0 Å². The lowest BCUT2D eigenvalue weighted by Gasteiger charge is -2.15. The monoisotopic (exact) mass is 449 g/mol. The molecule has 2 aromatic rings. The van der Waals surface area contributed by atoms with Crippen molar-refractivity contribution in [2.75, 3.05) is 43.1 Å². The molecular formula is C21H27N3O4S2. The van der Waals surface area contributed by atoms with Crippen molar-refractivity contribution < 1.29 is 17.9 Å². The van der Waals surface area contributed by atoms with Gasteiger partial charge in [0, 0.05) is 36.1 Å². The smallest absolute Gasteiger partial charge is 0.195 e. The molecular weight excluding hydrogens is 422 g/mol. The van der Waals surface area contributed by atoms with Crippen LogP contribution in [0, 0.1) is 5.92 Å². The quantitative estimate of drug-likeness (QED) is 0.521. The molecule has 0 aliphatic carbocycles. The van der Waals surface area contributed by atoms with Crippen molar-refractivity contribution in [3.05, 3.63) is 40.6 Å². The number of anilines is 1. The molecule has 1 aromatic heterocycles.